The summed E-state index contributed by atoms with van der Waals surface area (Å²) in [5, 5.41) is 6.66. The number of allylic oxidation sites excluding steroid dienone is 1. The van der Waals surface area contributed by atoms with Crippen LogP contribution in [0.1, 0.15) is 41.2 Å². The van der Waals surface area contributed by atoms with Gasteiger partial charge in [0.1, 0.15) is 0 Å². The minimum absolute atomic E-state index is 0.799. The van der Waals surface area contributed by atoms with Crippen LogP contribution in [-0.2, 0) is 13.0 Å². The van der Waals surface area contributed by atoms with Gasteiger partial charge in [0.25, 0.3) is 0 Å². The molecule has 0 aliphatic heterocycles. The number of hydrogen-bond donors (Lipinski definition) is 2. The average molecular weight is 491 g/mol. The van der Waals surface area contributed by atoms with Crippen LogP contribution in [-0.4, -0.2) is 32.0 Å². The minimum Gasteiger partial charge on any atom is -0.388 e. The highest BCUT2D eigenvalue weighted by molar-refractivity contribution is 7.98. The Balaban J connectivity index is 0.000000360. The van der Waals surface area contributed by atoms with E-state index >= 15 is 0 Å². The number of rotatable bonds is 10. The van der Waals surface area contributed by atoms with E-state index in [0.717, 1.165) is 26.1 Å². The maximum Gasteiger partial charge on any atom is 0.0681 e. The van der Waals surface area contributed by atoms with Gasteiger partial charge in [0.2, 0.25) is 0 Å². The van der Waals surface area contributed by atoms with Crippen molar-refractivity contribution in [2.24, 2.45) is 0 Å². The van der Waals surface area contributed by atoms with Crippen LogP contribution in [0.5, 0.6) is 0 Å². The molecule has 0 atom stereocenters. The van der Waals surface area contributed by atoms with E-state index in [1.165, 1.54) is 49.7 Å². The van der Waals surface area contributed by atoms with Crippen molar-refractivity contribution in [1.29, 1.82) is 0 Å². The van der Waals surface area contributed by atoms with Crippen LogP contribution in [0.25, 0.3) is 0 Å². The minimum atomic E-state index is 0.799. The van der Waals surface area contributed by atoms with Crippen molar-refractivity contribution in [3.05, 3.63) is 94.8 Å². The molecule has 1 heterocycles. The molecule has 2 aromatic carbocycles. The standard InChI is InChI=1S/C21H29N3S.C9H13N/c1-16(2)6-8-18-9-7-17(3)19(12-18)13-23-15-24(4)20-10-11-22-14-21(20)25-5;1-7-4-5-9(10-3)6-8(7)2/h7,9-12,14,23H,1,6,8,13,15H2,2-5H3;4-6,10H,1-3H3. The first-order valence-corrected chi connectivity index (χ1v) is 13.3. The summed E-state index contributed by atoms with van der Waals surface area (Å²) >= 11 is 1.73. The highest BCUT2D eigenvalue weighted by atomic mass is 32.2. The predicted octanol–water partition coefficient (Wildman–Crippen LogP) is 7.15. The zero-order chi connectivity index (χ0) is 25.8. The molecule has 1 aromatic heterocycles. The van der Waals surface area contributed by atoms with Crippen molar-refractivity contribution in [3.63, 3.8) is 0 Å². The van der Waals surface area contributed by atoms with Crippen LogP contribution in [0.2, 0.25) is 0 Å². The molecule has 0 unspecified atom stereocenters. The molecule has 0 amide bonds. The Labute approximate surface area is 217 Å². The lowest BCUT2D eigenvalue weighted by Crippen LogP contribution is -2.31. The van der Waals surface area contributed by atoms with Crippen LogP contribution >= 0.6 is 11.8 Å². The summed E-state index contributed by atoms with van der Waals surface area (Å²) in [6.07, 6.45) is 7.98. The number of anilines is 2. The van der Waals surface area contributed by atoms with Gasteiger partial charge in [0, 0.05) is 43.6 Å². The Morgan fingerprint density at radius 2 is 1.77 bits per heavy atom. The largest absolute Gasteiger partial charge is 0.388 e. The van der Waals surface area contributed by atoms with Crippen molar-refractivity contribution in [2.75, 3.05) is 37.2 Å². The van der Waals surface area contributed by atoms with Gasteiger partial charge in [-0.2, -0.15) is 0 Å². The number of hydrogen-bond acceptors (Lipinski definition) is 5. The first-order valence-electron chi connectivity index (χ1n) is 12.1. The van der Waals surface area contributed by atoms with Gasteiger partial charge >= 0.3 is 0 Å². The molecular weight excluding hydrogens is 448 g/mol. The van der Waals surface area contributed by atoms with E-state index in [4.69, 9.17) is 0 Å². The summed E-state index contributed by atoms with van der Waals surface area (Å²) in [5.74, 6) is 0. The lowest BCUT2D eigenvalue weighted by atomic mass is 10.0. The van der Waals surface area contributed by atoms with Gasteiger partial charge < -0.3 is 10.2 Å². The van der Waals surface area contributed by atoms with Crippen LogP contribution in [0.4, 0.5) is 11.4 Å². The topological polar surface area (TPSA) is 40.2 Å². The van der Waals surface area contributed by atoms with Crippen molar-refractivity contribution >= 4 is 23.1 Å². The molecule has 35 heavy (non-hydrogen) atoms. The lowest BCUT2D eigenvalue weighted by molar-refractivity contribution is 0.673. The summed E-state index contributed by atoms with van der Waals surface area (Å²) in [6.45, 7) is 14.2. The molecule has 188 valence electrons. The molecule has 2 N–H and O–H groups in total. The van der Waals surface area contributed by atoms with E-state index in [2.05, 4.69) is 111 Å². The number of pyridine rings is 1. The maximum atomic E-state index is 4.20. The molecule has 0 bridgehead atoms. The second kappa shape index (κ2) is 14.6. The van der Waals surface area contributed by atoms with Gasteiger partial charge in [-0.3, -0.25) is 10.3 Å². The van der Waals surface area contributed by atoms with E-state index < -0.39 is 0 Å². The monoisotopic (exact) mass is 490 g/mol. The van der Waals surface area contributed by atoms with E-state index in [1.54, 1.807) is 11.8 Å². The smallest absolute Gasteiger partial charge is 0.0681 e. The lowest BCUT2D eigenvalue weighted by Gasteiger charge is -2.22. The van der Waals surface area contributed by atoms with E-state index in [1.807, 2.05) is 19.4 Å². The third-order valence-electron chi connectivity index (χ3n) is 6.11. The second-order valence-corrected chi connectivity index (χ2v) is 9.95. The summed E-state index contributed by atoms with van der Waals surface area (Å²) < 4.78 is 0. The Morgan fingerprint density at radius 3 is 2.43 bits per heavy atom. The normalized spacial score (nSPS) is 10.4. The number of thioether (sulfide) groups is 1. The molecule has 0 saturated heterocycles. The molecule has 0 saturated carbocycles. The summed E-state index contributed by atoms with van der Waals surface area (Å²) in [5.41, 5.74) is 10.4. The van der Waals surface area contributed by atoms with Crippen molar-refractivity contribution in [3.8, 4) is 0 Å². The number of nitrogens with one attached hydrogen (secondary N) is 2. The Bertz CT molecular complexity index is 1090. The number of aryl methyl sites for hydroxylation is 4. The van der Waals surface area contributed by atoms with Gasteiger partial charge in [-0.1, -0.05) is 29.8 Å². The molecule has 0 radical (unpaired) electrons. The molecule has 3 aromatic rings. The Morgan fingerprint density at radius 1 is 1.03 bits per heavy atom. The molecular formula is C30H42N4S. The Hall–Kier alpha value is -2.76. The highest BCUT2D eigenvalue weighted by Crippen LogP contribution is 2.26. The van der Waals surface area contributed by atoms with E-state index in [9.17, 15) is 0 Å². The van der Waals surface area contributed by atoms with Crippen LogP contribution in [0.3, 0.4) is 0 Å². The van der Waals surface area contributed by atoms with Crippen molar-refractivity contribution in [2.45, 2.75) is 52.0 Å². The third kappa shape index (κ3) is 9.42. The molecule has 0 fully saturated rings. The quantitative estimate of drug-likeness (QED) is 0.179. The van der Waals surface area contributed by atoms with Gasteiger partial charge in [-0.25, -0.2) is 0 Å². The molecule has 0 aliphatic carbocycles. The first kappa shape index (κ1) is 28.5. The fraction of sp³-hybridized carbons (Fsp3) is 0.367. The van der Waals surface area contributed by atoms with E-state index in [-0.39, 0.29) is 0 Å². The van der Waals surface area contributed by atoms with Gasteiger partial charge in [-0.15, -0.1) is 18.3 Å². The zero-order valence-corrected chi connectivity index (χ0v) is 23.4. The van der Waals surface area contributed by atoms with Gasteiger partial charge in [0.15, 0.2) is 0 Å². The number of benzene rings is 2. The third-order valence-corrected chi connectivity index (χ3v) is 6.86. The van der Waals surface area contributed by atoms with Crippen molar-refractivity contribution < 1.29 is 0 Å². The van der Waals surface area contributed by atoms with Crippen LogP contribution in [0, 0.1) is 20.8 Å². The fourth-order valence-electron chi connectivity index (χ4n) is 3.61. The number of aromatic nitrogens is 1. The maximum absolute atomic E-state index is 4.20. The summed E-state index contributed by atoms with van der Waals surface area (Å²) in [6, 6.07) is 15.2. The SMILES string of the molecule is C=C(C)CCc1ccc(C)c(CNCN(C)c2ccncc2SC)c1.CNc1ccc(C)c(C)c1. The molecule has 0 aliphatic rings. The van der Waals surface area contributed by atoms with Crippen LogP contribution in [0.15, 0.2) is 71.9 Å². The van der Waals surface area contributed by atoms with E-state index in [0.29, 0.717) is 0 Å². The highest BCUT2D eigenvalue weighted by Gasteiger charge is 2.07. The van der Waals surface area contributed by atoms with Gasteiger partial charge in [-0.05, 0) is 92.8 Å². The summed E-state index contributed by atoms with van der Waals surface area (Å²) in [4.78, 5) is 7.63. The molecule has 4 nitrogen and oxygen atoms in total. The average Bonchev–Trinajstić information content (AvgIpc) is 2.86. The Kier molecular flexibility index (Phi) is 11.9. The zero-order valence-electron chi connectivity index (χ0n) is 22.5. The first-order chi connectivity index (χ1) is 16.7. The summed E-state index contributed by atoms with van der Waals surface area (Å²) in [7, 11) is 4.04. The number of nitrogens with zero attached hydrogens (tertiary/aromatic N) is 2. The second-order valence-electron chi connectivity index (χ2n) is 9.10. The molecule has 0 spiro atoms. The predicted molar refractivity (Wildman–Crippen MR) is 156 cm³/mol. The van der Waals surface area contributed by atoms with Gasteiger partial charge in [0.05, 0.1) is 12.4 Å². The molecule has 3 rings (SSSR count). The molecule has 5 heteroatoms. The fourth-order valence-corrected chi connectivity index (χ4v) is 4.21. The van der Waals surface area contributed by atoms with Crippen LogP contribution < -0.4 is 15.5 Å². The van der Waals surface area contributed by atoms with Crippen molar-refractivity contribution in [1.82, 2.24) is 10.3 Å².